The van der Waals surface area contributed by atoms with E-state index in [0.717, 1.165) is 24.2 Å². The predicted molar refractivity (Wildman–Crippen MR) is 101 cm³/mol. The minimum Gasteiger partial charge on any atom is -0.486 e. The molecule has 0 bridgehead atoms. The van der Waals surface area contributed by atoms with Crippen molar-refractivity contribution in [3.63, 3.8) is 0 Å². The Labute approximate surface area is 163 Å². The average molecular weight is 384 g/mol. The summed E-state index contributed by atoms with van der Waals surface area (Å²) in [4.78, 5) is 29.2. The Kier molecular flexibility index (Phi) is 5.23. The van der Waals surface area contributed by atoms with Crippen LogP contribution in [0.15, 0.2) is 41.0 Å². The van der Waals surface area contributed by atoms with Crippen molar-refractivity contribution in [3.8, 4) is 11.5 Å². The molecule has 0 saturated carbocycles. The van der Waals surface area contributed by atoms with Crippen LogP contribution in [-0.4, -0.2) is 54.5 Å². The van der Waals surface area contributed by atoms with Crippen LogP contribution in [0.3, 0.4) is 0 Å². The molecule has 7 heteroatoms. The maximum absolute atomic E-state index is 13.1. The third-order valence-electron chi connectivity index (χ3n) is 5.18. The van der Waals surface area contributed by atoms with Crippen molar-refractivity contribution < 1.29 is 23.5 Å². The molecule has 1 unspecified atom stereocenters. The first-order valence-electron chi connectivity index (χ1n) is 9.61. The first kappa shape index (κ1) is 18.4. The highest BCUT2D eigenvalue weighted by Crippen LogP contribution is 2.31. The number of piperidine rings is 1. The van der Waals surface area contributed by atoms with Gasteiger partial charge in [0.2, 0.25) is 5.91 Å². The van der Waals surface area contributed by atoms with Crippen LogP contribution in [0.5, 0.6) is 11.5 Å². The minimum atomic E-state index is -0.464. The molecule has 3 heterocycles. The first-order chi connectivity index (χ1) is 13.6. The summed E-state index contributed by atoms with van der Waals surface area (Å²) in [7, 11) is 1.77. The number of carbonyl (C=O) groups is 2. The number of nitrogens with zero attached hydrogens (tertiary/aromatic N) is 2. The van der Waals surface area contributed by atoms with Crippen molar-refractivity contribution in [2.24, 2.45) is 0 Å². The highest BCUT2D eigenvalue weighted by atomic mass is 16.6. The van der Waals surface area contributed by atoms with E-state index in [9.17, 15) is 9.59 Å². The van der Waals surface area contributed by atoms with Crippen LogP contribution in [0.25, 0.3) is 0 Å². The zero-order valence-corrected chi connectivity index (χ0v) is 15.9. The summed E-state index contributed by atoms with van der Waals surface area (Å²) in [6.45, 7) is 2.08. The number of hydrogen-bond donors (Lipinski definition) is 0. The van der Waals surface area contributed by atoms with Gasteiger partial charge in [-0.15, -0.1) is 0 Å². The molecule has 1 fully saturated rings. The fourth-order valence-corrected chi connectivity index (χ4v) is 3.77. The van der Waals surface area contributed by atoms with E-state index >= 15 is 0 Å². The molecule has 1 aromatic carbocycles. The molecular weight excluding hydrogens is 360 g/mol. The summed E-state index contributed by atoms with van der Waals surface area (Å²) in [5.74, 6) is 1.42. The lowest BCUT2D eigenvalue weighted by atomic mass is 10.00. The van der Waals surface area contributed by atoms with Crippen LogP contribution in [0.2, 0.25) is 0 Å². The van der Waals surface area contributed by atoms with Crippen molar-refractivity contribution in [1.29, 1.82) is 0 Å². The van der Waals surface area contributed by atoms with E-state index in [-0.39, 0.29) is 17.6 Å². The van der Waals surface area contributed by atoms with Gasteiger partial charge in [0.25, 0.3) is 5.91 Å². The third-order valence-corrected chi connectivity index (χ3v) is 5.18. The molecule has 4 rings (SSSR count). The molecule has 2 aliphatic rings. The van der Waals surface area contributed by atoms with Gasteiger partial charge in [0.15, 0.2) is 17.3 Å². The Morgan fingerprint density at radius 1 is 1.14 bits per heavy atom. The fourth-order valence-electron chi connectivity index (χ4n) is 3.77. The van der Waals surface area contributed by atoms with Gasteiger partial charge in [-0.05, 0) is 49.1 Å². The summed E-state index contributed by atoms with van der Waals surface area (Å²) in [5.41, 5.74) is 0.958. The van der Waals surface area contributed by atoms with Crippen LogP contribution < -0.4 is 9.47 Å². The number of likely N-dealkylation sites (tertiary alicyclic amines) is 1. The minimum absolute atomic E-state index is 0.0607. The lowest BCUT2D eigenvalue weighted by molar-refractivity contribution is -0.136. The van der Waals surface area contributed by atoms with Gasteiger partial charge in [-0.25, -0.2) is 0 Å². The number of benzene rings is 1. The summed E-state index contributed by atoms with van der Waals surface area (Å²) in [6, 6.07) is 8.57. The van der Waals surface area contributed by atoms with Gasteiger partial charge in [-0.1, -0.05) is 6.07 Å². The Morgan fingerprint density at radius 2 is 1.96 bits per heavy atom. The number of likely N-dealkylation sites (N-methyl/N-ethyl adjacent to an activating group) is 1. The lowest BCUT2D eigenvalue weighted by Crippen LogP contribution is -2.52. The van der Waals surface area contributed by atoms with Crippen molar-refractivity contribution in [3.05, 3.63) is 47.9 Å². The lowest BCUT2D eigenvalue weighted by Gasteiger charge is -2.36. The third kappa shape index (κ3) is 3.69. The predicted octanol–water partition coefficient (Wildman–Crippen LogP) is 2.70. The second-order valence-corrected chi connectivity index (χ2v) is 7.16. The highest BCUT2D eigenvalue weighted by molar-refractivity contribution is 5.95. The van der Waals surface area contributed by atoms with Crippen LogP contribution in [0.1, 0.15) is 35.4 Å². The molecular formula is C21H24N2O5. The molecule has 0 radical (unpaired) electrons. The van der Waals surface area contributed by atoms with Gasteiger partial charge < -0.3 is 23.7 Å². The molecule has 7 nitrogen and oxygen atoms in total. The molecule has 1 aromatic heterocycles. The molecule has 28 heavy (non-hydrogen) atoms. The van der Waals surface area contributed by atoms with Crippen molar-refractivity contribution in [2.45, 2.75) is 31.8 Å². The molecule has 148 valence electrons. The normalized spacial score (nSPS) is 18.6. The molecule has 0 aliphatic carbocycles. The largest absolute Gasteiger partial charge is 0.486 e. The van der Waals surface area contributed by atoms with Crippen LogP contribution in [-0.2, 0) is 11.3 Å². The van der Waals surface area contributed by atoms with Gasteiger partial charge >= 0.3 is 0 Å². The van der Waals surface area contributed by atoms with E-state index in [1.807, 2.05) is 18.2 Å². The van der Waals surface area contributed by atoms with Gasteiger partial charge in [-0.2, -0.15) is 0 Å². The summed E-state index contributed by atoms with van der Waals surface area (Å²) in [5, 5.41) is 0. The number of amides is 2. The molecule has 2 aromatic rings. The summed E-state index contributed by atoms with van der Waals surface area (Å²) in [6.07, 6.45) is 3.96. The Balaban J connectivity index is 1.46. The van der Waals surface area contributed by atoms with E-state index in [1.54, 1.807) is 29.0 Å². The number of ether oxygens (including phenoxy) is 2. The fraction of sp³-hybridized carbons (Fsp3) is 0.429. The summed E-state index contributed by atoms with van der Waals surface area (Å²) < 4.78 is 16.4. The SMILES string of the molecule is CN(Cc1ccc2c(c1)OCCO2)C(=O)C1CCCCN1C(=O)c1ccco1. The van der Waals surface area contributed by atoms with Crippen molar-refractivity contribution >= 4 is 11.8 Å². The smallest absolute Gasteiger partial charge is 0.290 e. The molecule has 0 N–H and O–H groups in total. The molecule has 0 spiro atoms. The molecule has 2 amide bonds. The van der Waals surface area contributed by atoms with Gasteiger partial charge in [0, 0.05) is 20.1 Å². The van der Waals surface area contributed by atoms with Crippen LogP contribution >= 0.6 is 0 Å². The number of rotatable bonds is 4. The topological polar surface area (TPSA) is 72.2 Å². The first-order valence-corrected chi connectivity index (χ1v) is 9.61. The van der Waals surface area contributed by atoms with E-state index in [4.69, 9.17) is 13.9 Å². The van der Waals surface area contributed by atoms with E-state index in [1.165, 1.54) is 6.26 Å². The molecule has 1 saturated heterocycles. The van der Waals surface area contributed by atoms with Gasteiger partial charge in [0.1, 0.15) is 19.3 Å². The molecule has 2 aliphatic heterocycles. The number of hydrogen-bond acceptors (Lipinski definition) is 5. The average Bonchev–Trinajstić information content (AvgIpc) is 3.27. The van der Waals surface area contributed by atoms with E-state index < -0.39 is 6.04 Å². The maximum Gasteiger partial charge on any atom is 0.290 e. The Morgan fingerprint density at radius 3 is 2.75 bits per heavy atom. The second kappa shape index (κ2) is 7.96. The van der Waals surface area contributed by atoms with E-state index in [0.29, 0.717) is 38.5 Å². The monoisotopic (exact) mass is 384 g/mol. The quantitative estimate of drug-likeness (QED) is 0.811. The summed E-state index contributed by atoms with van der Waals surface area (Å²) >= 11 is 0. The Hall–Kier alpha value is -2.96. The van der Waals surface area contributed by atoms with Gasteiger partial charge in [0.05, 0.1) is 6.26 Å². The maximum atomic E-state index is 13.1. The van der Waals surface area contributed by atoms with E-state index in [2.05, 4.69) is 0 Å². The zero-order chi connectivity index (χ0) is 19.5. The Bertz CT molecular complexity index is 848. The standard InChI is InChI=1S/C21H24N2O5/c1-22(14-15-7-8-17-19(13-15)28-12-11-27-17)20(24)16-5-2-3-9-23(16)21(25)18-6-4-10-26-18/h4,6-8,10,13,16H,2-3,5,9,11-12,14H2,1H3. The van der Waals surface area contributed by atoms with Gasteiger partial charge in [-0.3, -0.25) is 9.59 Å². The number of furan rings is 1. The second-order valence-electron chi connectivity index (χ2n) is 7.16. The number of carbonyl (C=O) groups excluding carboxylic acids is 2. The van der Waals surface area contributed by atoms with Crippen LogP contribution in [0, 0.1) is 0 Å². The van der Waals surface area contributed by atoms with Crippen LogP contribution in [0.4, 0.5) is 0 Å². The number of fused-ring (bicyclic) bond motifs is 1. The van der Waals surface area contributed by atoms with Crippen molar-refractivity contribution in [1.82, 2.24) is 9.80 Å². The van der Waals surface area contributed by atoms with Crippen molar-refractivity contribution in [2.75, 3.05) is 26.8 Å². The highest BCUT2D eigenvalue weighted by Gasteiger charge is 2.35. The molecule has 1 atom stereocenters. The zero-order valence-electron chi connectivity index (χ0n) is 15.9.